The fourth-order valence-electron chi connectivity index (χ4n) is 2.48. The molecule has 152 valence electrons. The summed E-state index contributed by atoms with van der Waals surface area (Å²) < 4.78 is 41.4. The van der Waals surface area contributed by atoms with Gasteiger partial charge in [0.25, 0.3) is 0 Å². The highest BCUT2D eigenvalue weighted by molar-refractivity contribution is 5.67. The van der Waals surface area contributed by atoms with E-state index in [0.29, 0.717) is 23.1 Å². The molecule has 1 aromatic carbocycles. The quantitative estimate of drug-likeness (QED) is 0.551. The molecular weight excluding hydrogens is 383 g/mol. The SMILES string of the molecule is CC[C@@H](C)Nc1nc(Nc2cccc(OC(F)(F)F)c2)cc(-c2cccnc2)n1. The lowest BCUT2D eigenvalue weighted by Crippen LogP contribution is -2.17. The van der Waals surface area contributed by atoms with Gasteiger partial charge in [-0.2, -0.15) is 4.98 Å². The molecule has 0 saturated heterocycles. The summed E-state index contributed by atoms with van der Waals surface area (Å²) in [5, 5.41) is 6.23. The number of nitrogens with one attached hydrogen (secondary N) is 2. The second kappa shape index (κ2) is 8.76. The van der Waals surface area contributed by atoms with Crippen molar-refractivity contribution in [2.75, 3.05) is 10.6 Å². The molecule has 2 N–H and O–H groups in total. The van der Waals surface area contributed by atoms with Crippen molar-refractivity contribution in [3.05, 3.63) is 54.9 Å². The molecule has 0 aliphatic rings. The zero-order valence-corrected chi connectivity index (χ0v) is 15.9. The number of rotatable bonds is 7. The molecule has 1 atom stereocenters. The van der Waals surface area contributed by atoms with Crippen LogP contribution in [0.4, 0.5) is 30.6 Å². The van der Waals surface area contributed by atoms with E-state index in [0.717, 1.165) is 12.0 Å². The highest BCUT2D eigenvalue weighted by Crippen LogP contribution is 2.28. The summed E-state index contributed by atoms with van der Waals surface area (Å²) in [5.41, 5.74) is 1.82. The highest BCUT2D eigenvalue weighted by Gasteiger charge is 2.31. The van der Waals surface area contributed by atoms with E-state index < -0.39 is 6.36 Å². The molecule has 0 spiro atoms. The van der Waals surface area contributed by atoms with E-state index in [1.165, 1.54) is 18.2 Å². The van der Waals surface area contributed by atoms with Gasteiger partial charge in [-0.15, -0.1) is 13.2 Å². The van der Waals surface area contributed by atoms with Crippen LogP contribution in [0.5, 0.6) is 5.75 Å². The molecule has 2 heterocycles. The van der Waals surface area contributed by atoms with Crippen molar-refractivity contribution in [1.82, 2.24) is 15.0 Å². The van der Waals surface area contributed by atoms with E-state index in [2.05, 4.69) is 30.3 Å². The van der Waals surface area contributed by atoms with Crippen molar-refractivity contribution in [2.45, 2.75) is 32.7 Å². The smallest absolute Gasteiger partial charge is 0.406 e. The van der Waals surface area contributed by atoms with Gasteiger partial charge in [0, 0.05) is 41.8 Å². The van der Waals surface area contributed by atoms with E-state index in [9.17, 15) is 13.2 Å². The first-order valence-electron chi connectivity index (χ1n) is 9.01. The number of halogens is 3. The second-order valence-electron chi connectivity index (χ2n) is 6.36. The van der Waals surface area contributed by atoms with Crippen molar-refractivity contribution < 1.29 is 17.9 Å². The summed E-state index contributed by atoms with van der Waals surface area (Å²) in [6.07, 6.45) is -0.542. The number of pyridine rings is 1. The Balaban J connectivity index is 1.92. The largest absolute Gasteiger partial charge is 0.573 e. The van der Waals surface area contributed by atoms with Crippen molar-refractivity contribution >= 4 is 17.5 Å². The van der Waals surface area contributed by atoms with Gasteiger partial charge in [-0.05, 0) is 37.6 Å². The molecule has 0 bridgehead atoms. The van der Waals surface area contributed by atoms with Crippen LogP contribution >= 0.6 is 0 Å². The average molecular weight is 403 g/mol. The second-order valence-corrected chi connectivity index (χ2v) is 6.36. The van der Waals surface area contributed by atoms with Gasteiger partial charge in [0.1, 0.15) is 11.6 Å². The zero-order chi connectivity index (χ0) is 20.9. The molecule has 29 heavy (non-hydrogen) atoms. The maximum Gasteiger partial charge on any atom is 0.573 e. The molecule has 6 nitrogen and oxygen atoms in total. The normalized spacial score (nSPS) is 12.3. The molecule has 0 unspecified atom stereocenters. The number of aromatic nitrogens is 3. The van der Waals surface area contributed by atoms with E-state index in [1.54, 1.807) is 30.6 Å². The maximum atomic E-state index is 12.5. The Kier molecular flexibility index (Phi) is 6.16. The van der Waals surface area contributed by atoms with Gasteiger partial charge in [0.2, 0.25) is 5.95 Å². The Morgan fingerprint density at radius 1 is 1.10 bits per heavy atom. The Hall–Kier alpha value is -3.36. The Labute approximate surface area is 166 Å². The standard InChI is InChI=1S/C20H20F3N5O/c1-3-13(2)25-19-27-17(14-6-5-9-24-12-14)11-18(28-19)26-15-7-4-8-16(10-15)29-20(21,22)23/h4-13H,3H2,1-2H3,(H2,25,26,27,28)/t13-/m1/s1. The number of anilines is 3. The Morgan fingerprint density at radius 2 is 1.93 bits per heavy atom. The summed E-state index contributed by atoms with van der Waals surface area (Å²) in [4.78, 5) is 13.1. The lowest BCUT2D eigenvalue weighted by atomic mass is 10.2. The molecule has 0 aliphatic heterocycles. The van der Waals surface area contributed by atoms with E-state index in [-0.39, 0.29) is 11.8 Å². The van der Waals surface area contributed by atoms with Crippen LogP contribution in [-0.2, 0) is 0 Å². The molecule has 2 aromatic heterocycles. The summed E-state index contributed by atoms with van der Waals surface area (Å²) in [6, 6.07) is 11.1. The molecule has 0 amide bonds. The average Bonchev–Trinajstić information content (AvgIpc) is 2.67. The third kappa shape index (κ3) is 6.06. The van der Waals surface area contributed by atoms with Crippen molar-refractivity contribution in [3.63, 3.8) is 0 Å². The van der Waals surface area contributed by atoms with Crippen LogP contribution in [0.3, 0.4) is 0 Å². The van der Waals surface area contributed by atoms with Gasteiger partial charge in [-0.25, -0.2) is 4.98 Å². The number of hydrogen-bond acceptors (Lipinski definition) is 6. The minimum Gasteiger partial charge on any atom is -0.406 e. The third-order valence-corrected chi connectivity index (χ3v) is 4.01. The van der Waals surface area contributed by atoms with Crippen LogP contribution in [0, 0.1) is 0 Å². The first-order chi connectivity index (χ1) is 13.8. The third-order valence-electron chi connectivity index (χ3n) is 4.01. The topological polar surface area (TPSA) is 72.0 Å². The number of ether oxygens (including phenoxy) is 1. The summed E-state index contributed by atoms with van der Waals surface area (Å²) in [6.45, 7) is 4.04. The minimum atomic E-state index is -4.76. The van der Waals surface area contributed by atoms with E-state index >= 15 is 0 Å². The predicted octanol–water partition coefficient (Wildman–Crippen LogP) is 5.39. The number of hydrogen-bond donors (Lipinski definition) is 2. The molecule has 3 aromatic rings. The van der Waals surface area contributed by atoms with Gasteiger partial charge in [0.05, 0.1) is 5.69 Å². The summed E-state index contributed by atoms with van der Waals surface area (Å²) in [7, 11) is 0. The lowest BCUT2D eigenvalue weighted by molar-refractivity contribution is -0.274. The zero-order valence-electron chi connectivity index (χ0n) is 15.9. The van der Waals surface area contributed by atoms with Crippen LogP contribution in [0.2, 0.25) is 0 Å². The van der Waals surface area contributed by atoms with Crippen LogP contribution in [0.1, 0.15) is 20.3 Å². The van der Waals surface area contributed by atoms with Crippen LogP contribution in [0.15, 0.2) is 54.9 Å². The van der Waals surface area contributed by atoms with Gasteiger partial charge in [-0.1, -0.05) is 13.0 Å². The van der Waals surface area contributed by atoms with Crippen LogP contribution in [-0.4, -0.2) is 27.4 Å². The highest BCUT2D eigenvalue weighted by atomic mass is 19.4. The summed E-state index contributed by atoms with van der Waals surface area (Å²) in [5.74, 6) is 0.515. The molecule has 0 aliphatic carbocycles. The van der Waals surface area contributed by atoms with Gasteiger partial charge in [-0.3, -0.25) is 4.98 Å². The number of nitrogens with zero attached hydrogens (tertiary/aromatic N) is 3. The fraction of sp³-hybridized carbons (Fsp3) is 0.250. The van der Waals surface area contributed by atoms with Gasteiger partial charge in [0.15, 0.2) is 0 Å². The van der Waals surface area contributed by atoms with Crippen molar-refractivity contribution in [2.24, 2.45) is 0 Å². The molecule has 0 fully saturated rings. The molecule has 3 rings (SSSR count). The van der Waals surface area contributed by atoms with Crippen LogP contribution < -0.4 is 15.4 Å². The van der Waals surface area contributed by atoms with E-state index in [4.69, 9.17) is 0 Å². The predicted molar refractivity (Wildman–Crippen MR) is 105 cm³/mol. The van der Waals surface area contributed by atoms with E-state index in [1.807, 2.05) is 19.9 Å². The monoisotopic (exact) mass is 403 g/mol. The first kappa shape index (κ1) is 20.4. The lowest BCUT2D eigenvalue weighted by Gasteiger charge is -2.15. The summed E-state index contributed by atoms with van der Waals surface area (Å²) >= 11 is 0. The van der Waals surface area contributed by atoms with Crippen molar-refractivity contribution in [3.8, 4) is 17.0 Å². The maximum absolute atomic E-state index is 12.5. The Bertz CT molecular complexity index is 950. The number of benzene rings is 1. The van der Waals surface area contributed by atoms with Crippen molar-refractivity contribution in [1.29, 1.82) is 0 Å². The minimum absolute atomic E-state index is 0.149. The fourth-order valence-corrected chi connectivity index (χ4v) is 2.48. The number of alkyl halides is 3. The van der Waals surface area contributed by atoms with Gasteiger partial charge < -0.3 is 15.4 Å². The molecule has 0 radical (unpaired) electrons. The Morgan fingerprint density at radius 3 is 2.62 bits per heavy atom. The molecular formula is C20H20F3N5O. The molecule has 9 heteroatoms. The van der Waals surface area contributed by atoms with Gasteiger partial charge >= 0.3 is 6.36 Å². The van der Waals surface area contributed by atoms with Crippen LogP contribution in [0.25, 0.3) is 11.3 Å². The first-order valence-corrected chi connectivity index (χ1v) is 9.01. The molecule has 0 saturated carbocycles.